The van der Waals surface area contributed by atoms with E-state index in [2.05, 4.69) is 44.8 Å². The molecule has 1 heterocycles. The van der Waals surface area contributed by atoms with Gasteiger partial charge >= 0.3 is 0 Å². The van der Waals surface area contributed by atoms with Crippen LogP contribution in [0.25, 0.3) is 0 Å². The zero-order chi connectivity index (χ0) is 13.8. The van der Waals surface area contributed by atoms with Gasteiger partial charge in [0.2, 0.25) is 0 Å². The quantitative estimate of drug-likeness (QED) is 0.633. The van der Waals surface area contributed by atoms with Gasteiger partial charge in [-0.3, -0.25) is 0 Å². The van der Waals surface area contributed by atoms with Crippen molar-refractivity contribution >= 4 is 31.9 Å². The zero-order valence-corrected chi connectivity index (χ0v) is 14.1. The van der Waals surface area contributed by atoms with E-state index in [1.165, 1.54) is 0 Å². The fourth-order valence-electron chi connectivity index (χ4n) is 1.88. The van der Waals surface area contributed by atoms with Gasteiger partial charge in [0.15, 0.2) is 0 Å². The molecule has 0 saturated heterocycles. The number of halogens is 2. The molecule has 1 unspecified atom stereocenters. The Balaban J connectivity index is 2.36. The molecule has 0 aliphatic heterocycles. The number of hydrogen-bond donors (Lipinski definition) is 0. The molecule has 0 aliphatic carbocycles. The minimum atomic E-state index is -0.00755. The average Bonchev–Trinajstić information content (AvgIpc) is 2.89. The minimum Gasteiger partial charge on any atom is -0.494 e. The summed E-state index contributed by atoms with van der Waals surface area (Å²) >= 11 is 7.20. The van der Waals surface area contributed by atoms with E-state index < -0.39 is 0 Å². The largest absolute Gasteiger partial charge is 0.494 e. The van der Waals surface area contributed by atoms with E-state index in [0.717, 1.165) is 33.7 Å². The zero-order valence-electron chi connectivity index (χ0n) is 11.0. The summed E-state index contributed by atoms with van der Waals surface area (Å²) in [6.45, 7) is 4.71. The van der Waals surface area contributed by atoms with Gasteiger partial charge in [-0.15, -0.1) is 0 Å². The highest BCUT2D eigenvalue weighted by molar-refractivity contribution is 9.10. The second-order valence-electron chi connectivity index (χ2n) is 4.14. The second-order valence-corrected chi connectivity index (χ2v) is 5.97. The Labute approximate surface area is 130 Å². The Bertz CT molecular complexity index is 549. The van der Waals surface area contributed by atoms with Crippen LogP contribution in [0.5, 0.6) is 5.75 Å². The standard InChI is InChI=1S/C15H16Br2O2/c1-3-11-6-8-14(19-11)15(17)12-9-10(16)5-7-13(12)18-4-2/h5-9,15H,3-4H2,1-2H3. The number of furan rings is 1. The van der Waals surface area contributed by atoms with Gasteiger partial charge < -0.3 is 9.15 Å². The van der Waals surface area contributed by atoms with Crippen LogP contribution in [0.3, 0.4) is 0 Å². The maximum atomic E-state index is 5.80. The first kappa shape index (κ1) is 14.7. The van der Waals surface area contributed by atoms with E-state index >= 15 is 0 Å². The SMILES string of the molecule is CCOc1ccc(Br)cc1C(Br)c1ccc(CC)o1. The van der Waals surface area contributed by atoms with Gasteiger partial charge in [-0.2, -0.15) is 0 Å². The molecule has 0 aliphatic rings. The molecule has 1 aromatic heterocycles. The molecular formula is C15H16Br2O2. The van der Waals surface area contributed by atoms with Crippen molar-refractivity contribution in [2.75, 3.05) is 6.61 Å². The highest BCUT2D eigenvalue weighted by Gasteiger charge is 2.19. The first-order valence-corrected chi connectivity index (χ1v) is 8.01. The van der Waals surface area contributed by atoms with Gasteiger partial charge in [-0.25, -0.2) is 0 Å². The summed E-state index contributed by atoms with van der Waals surface area (Å²) in [4.78, 5) is -0.00755. The van der Waals surface area contributed by atoms with Crippen molar-refractivity contribution < 1.29 is 9.15 Å². The van der Waals surface area contributed by atoms with E-state index in [1.54, 1.807) is 0 Å². The molecule has 19 heavy (non-hydrogen) atoms. The molecule has 0 saturated carbocycles. The molecule has 2 rings (SSSR count). The molecule has 0 N–H and O–H groups in total. The van der Waals surface area contributed by atoms with Crippen molar-refractivity contribution in [3.63, 3.8) is 0 Å². The van der Waals surface area contributed by atoms with Crippen LogP contribution in [0, 0.1) is 0 Å². The van der Waals surface area contributed by atoms with Crippen molar-refractivity contribution in [3.05, 3.63) is 51.9 Å². The van der Waals surface area contributed by atoms with E-state index in [-0.39, 0.29) is 4.83 Å². The van der Waals surface area contributed by atoms with Crippen molar-refractivity contribution in [1.29, 1.82) is 0 Å². The van der Waals surface area contributed by atoms with Crippen molar-refractivity contribution in [2.45, 2.75) is 25.1 Å². The smallest absolute Gasteiger partial charge is 0.124 e. The van der Waals surface area contributed by atoms with Crippen LogP contribution >= 0.6 is 31.9 Å². The van der Waals surface area contributed by atoms with E-state index in [1.807, 2.05) is 31.2 Å². The fraction of sp³-hybridized carbons (Fsp3) is 0.333. The summed E-state index contributed by atoms with van der Waals surface area (Å²) in [6, 6.07) is 10.0. The summed E-state index contributed by atoms with van der Waals surface area (Å²) < 4.78 is 12.5. The second kappa shape index (κ2) is 6.62. The van der Waals surface area contributed by atoms with Gasteiger partial charge in [0.1, 0.15) is 22.1 Å². The number of ether oxygens (including phenoxy) is 1. The topological polar surface area (TPSA) is 22.4 Å². The normalized spacial score (nSPS) is 12.4. The number of rotatable bonds is 5. The van der Waals surface area contributed by atoms with Crippen LogP contribution < -0.4 is 4.74 Å². The van der Waals surface area contributed by atoms with E-state index in [4.69, 9.17) is 9.15 Å². The molecule has 2 nitrogen and oxygen atoms in total. The van der Waals surface area contributed by atoms with Crippen LogP contribution in [0.15, 0.2) is 39.2 Å². The number of aryl methyl sites for hydroxylation is 1. The predicted molar refractivity (Wildman–Crippen MR) is 84.2 cm³/mol. The monoisotopic (exact) mass is 386 g/mol. The molecule has 0 radical (unpaired) electrons. The summed E-state index contributed by atoms with van der Waals surface area (Å²) in [5.41, 5.74) is 1.06. The molecule has 4 heteroatoms. The van der Waals surface area contributed by atoms with Crippen LogP contribution in [0.2, 0.25) is 0 Å². The maximum absolute atomic E-state index is 5.80. The number of benzene rings is 1. The third-order valence-corrected chi connectivity index (χ3v) is 4.26. The molecule has 1 atom stereocenters. The lowest BCUT2D eigenvalue weighted by molar-refractivity contribution is 0.336. The van der Waals surface area contributed by atoms with Crippen molar-refractivity contribution in [1.82, 2.24) is 0 Å². The van der Waals surface area contributed by atoms with Crippen molar-refractivity contribution in [2.24, 2.45) is 0 Å². The van der Waals surface area contributed by atoms with Gasteiger partial charge in [-0.05, 0) is 37.3 Å². The maximum Gasteiger partial charge on any atom is 0.124 e. The summed E-state index contributed by atoms with van der Waals surface area (Å²) in [6.07, 6.45) is 0.899. The average molecular weight is 388 g/mol. The lowest BCUT2D eigenvalue weighted by Gasteiger charge is -2.14. The first-order valence-electron chi connectivity index (χ1n) is 6.30. The van der Waals surface area contributed by atoms with Gasteiger partial charge in [-0.1, -0.05) is 38.8 Å². The summed E-state index contributed by atoms with van der Waals surface area (Å²) in [5, 5.41) is 0. The van der Waals surface area contributed by atoms with Crippen LogP contribution in [0.4, 0.5) is 0 Å². The number of alkyl halides is 1. The predicted octanol–water partition coefficient (Wildman–Crippen LogP) is 5.49. The van der Waals surface area contributed by atoms with Crippen LogP contribution in [-0.4, -0.2) is 6.61 Å². The van der Waals surface area contributed by atoms with Gasteiger partial charge in [0, 0.05) is 16.5 Å². The fourth-order valence-corrected chi connectivity index (χ4v) is 2.86. The first-order chi connectivity index (χ1) is 9.15. The lowest BCUT2D eigenvalue weighted by Crippen LogP contribution is -1.99. The van der Waals surface area contributed by atoms with Crippen LogP contribution in [-0.2, 0) is 6.42 Å². The molecule has 2 aromatic rings. The minimum absolute atomic E-state index is 0.00755. The Morgan fingerprint density at radius 3 is 2.63 bits per heavy atom. The van der Waals surface area contributed by atoms with E-state index in [9.17, 15) is 0 Å². The Hall–Kier alpha value is -0.740. The van der Waals surface area contributed by atoms with Gasteiger partial charge in [0.25, 0.3) is 0 Å². The third-order valence-electron chi connectivity index (χ3n) is 2.83. The molecule has 0 amide bonds. The lowest BCUT2D eigenvalue weighted by atomic mass is 10.1. The Kier molecular flexibility index (Phi) is 5.11. The number of hydrogen-bond acceptors (Lipinski definition) is 2. The summed E-state index contributed by atoms with van der Waals surface area (Å²) in [7, 11) is 0. The Morgan fingerprint density at radius 1 is 1.21 bits per heavy atom. The van der Waals surface area contributed by atoms with E-state index in [0.29, 0.717) is 6.61 Å². The third kappa shape index (κ3) is 3.42. The van der Waals surface area contributed by atoms with Gasteiger partial charge in [0.05, 0.1) is 6.61 Å². The highest BCUT2D eigenvalue weighted by Crippen LogP contribution is 2.38. The van der Waals surface area contributed by atoms with Crippen LogP contribution in [0.1, 0.15) is 35.8 Å². The van der Waals surface area contributed by atoms with Crippen molar-refractivity contribution in [3.8, 4) is 5.75 Å². The Morgan fingerprint density at radius 2 is 2.00 bits per heavy atom. The molecule has 102 valence electrons. The highest BCUT2D eigenvalue weighted by atomic mass is 79.9. The molecule has 0 spiro atoms. The molecule has 1 aromatic carbocycles. The molecule has 0 bridgehead atoms. The molecule has 0 fully saturated rings. The molecular weight excluding hydrogens is 372 g/mol. The summed E-state index contributed by atoms with van der Waals surface area (Å²) in [5.74, 6) is 2.77.